The van der Waals surface area contributed by atoms with E-state index < -0.39 is 20.6 Å². The molecule has 3 aromatic rings. The average molecular weight is 449 g/mol. The number of hydrazine groups is 1. The third-order valence-corrected chi connectivity index (χ3v) is 5.58. The van der Waals surface area contributed by atoms with E-state index in [4.69, 9.17) is 11.6 Å². The molecule has 0 aliphatic heterocycles. The molecule has 0 fully saturated rings. The van der Waals surface area contributed by atoms with E-state index in [1.54, 1.807) is 37.3 Å². The highest BCUT2D eigenvalue weighted by atomic mass is 35.5. The van der Waals surface area contributed by atoms with E-state index in [0.717, 1.165) is 17.5 Å². The van der Waals surface area contributed by atoms with Crippen molar-refractivity contribution in [1.82, 2.24) is 14.8 Å². The first-order chi connectivity index (χ1) is 14.2. The van der Waals surface area contributed by atoms with Crippen LogP contribution in [0.2, 0.25) is 5.02 Å². The minimum atomic E-state index is -3.98. The molecule has 0 aliphatic rings. The summed E-state index contributed by atoms with van der Waals surface area (Å²) in [6.07, 6.45) is 1.07. The van der Waals surface area contributed by atoms with E-state index in [-0.39, 0.29) is 16.5 Å². The van der Waals surface area contributed by atoms with E-state index in [2.05, 4.69) is 25.5 Å². The van der Waals surface area contributed by atoms with Gasteiger partial charge in [-0.25, -0.2) is 18.4 Å². The summed E-state index contributed by atoms with van der Waals surface area (Å²) < 4.78 is 24.9. The number of aromatic nitrogens is 2. The molecule has 0 unspecified atom stereocenters. The smallest absolute Gasteiger partial charge is 0.334 e. The molecular weight excluding hydrogens is 432 g/mol. The summed E-state index contributed by atoms with van der Waals surface area (Å²) in [6, 6.07) is 11.1. The summed E-state index contributed by atoms with van der Waals surface area (Å²) in [7, 11) is -3.98. The molecule has 156 valence electrons. The molecule has 0 saturated carbocycles. The molecule has 1 heterocycles. The second-order valence-corrected chi connectivity index (χ2v) is 8.42. The van der Waals surface area contributed by atoms with Crippen LogP contribution in [0.1, 0.15) is 11.1 Å². The lowest BCUT2D eigenvalue weighted by atomic mass is 10.2. The first-order valence-corrected chi connectivity index (χ1v) is 10.4. The second-order valence-electron chi connectivity index (χ2n) is 6.30. The van der Waals surface area contributed by atoms with Crippen molar-refractivity contribution in [2.45, 2.75) is 18.7 Å². The largest absolute Gasteiger partial charge is 0.354 e. The van der Waals surface area contributed by atoms with Gasteiger partial charge in [0.1, 0.15) is 6.33 Å². The molecule has 3 N–H and O–H groups in total. The highest BCUT2D eigenvalue weighted by Crippen LogP contribution is 2.32. The van der Waals surface area contributed by atoms with E-state index in [1.807, 2.05) is 6.92 Å². The number of nitrogens with one attached hydrogen (secondary N) is 3. The first kappa shape index (κ1) is 21.4. The Kier molecular flexibility index (Phi) is 6.15. The van der Waals surface area contributed by atoms with E-state index >= 15 is 0 Å². The monoisotopic (exact) mass is 448 g/mol. The molecule has 0 bridgehead atoms. The summed E-state index contributed by atoms with van der Waals surface area (Å²) in [5.41, 5.74) is 3.96. The van der Waals surface area contributed by atoms with Crippen LogP contribution in [0.4, 0.5) is 23.0 Å². The van der Waals surface area contributed by atoms with Gasteiger partial charge >= 0.3 is 5.69 Å². The SMILES string of the molecule is Cc1ccc(S(=O)(=O)NNc2ncnc(Nc3ccc(Cl)cc3C)c2[N+](=O)[O-])cc1. The summed E-state index contributed by atoms with van der Waals surface area (Å²) in [5, 5.41) is 15.0. The Hall–Kier alpha value is -3.28. The van der Waals surface area contributed by atoms with Crippen LogP contribution in [0.15, 0.2) is 53.7 Å². The lowest BCUT2D eigenvalue weighted by Crippen LogP contribution is -2.30. The lowest BCUT2D eigenvalue weighted by molar-refractivity contribution is -0.383. The lowest BCUT2D eigenvalue weighted by Gasteiger charge is -2.12. The highest BCUT2D eigenvalue weighted by molar-refractivity contribution is 7.89. The quantitative estimate of drug-likeness (QED) is 0.367. The number of benzene rings is 2. The Labute approximate surface area is 177 Å². The predicted molar refractivity (Wildman–Crippen MR) is 113 cm³/mol. The van der Waals surface area contributed by atoms with Gasteiger partial charge < -0.3 is 5.32 Å². The van der Waals surface area contributed by atoms with Crippen molar-refractivity contribution < 1.29 is 13.3 Å². The van der Waals surface area contributed by atoms with Crippen molar-refractivity contribution in [3.8, 4) is 0 Å². The molecule has 3 rings (SSSR count). The Bertz CT molecular complexity index is 1200. The van der Waals surface area contributed by atoms with Gasteiger partial charge in [-0.1, -0.05) is 29.3 Å². The number of rotatable bonds is 7. The predicted octanol–water partition coefficient (Wildman–Crippen LogP) is 3.70. The third kappa shape index (κ3) is 4.82. The van der Waals surface area contributed by atoms with Crippen LogP contribution in [0.5, 0.6) is 0 Å². The number of sulfonamides is 1. The molecule has 10 nitrogen and oxygen atoms in total. The Morgan fingerprint density at radius 1 is 1.03 bits per heavy atom. The van der Waals surface area contributed by atoms with Crippen molar-refractivity contribution in [1.29, 1.82) is 0 Å². The Balaban J connectivity index is 1.89. The van der Waals surface area contributed by atoms with Gasteiger partial charge in [-0.3, -0.25) is 15.5 Å². The normalized spacial score (nSPS) is 11.2. The highest BCUT2D eigenvalue weighted by Gasteiger charge is 2.25. The maximum Gasteiger partial charge on any atom is 0.354 e. The maximum absolute atomic E-state index is 12.4. The fourth-order valence-corrected chi connectivity index (χ4v) is 3.59. The zero-order valence-electron chi connectivity index (χ0n) is 15.9. The fourth-order valence-electron chi connectivity index (χ4n) is 2.52. The van der Waals surface area contributed by atoms with Crippen LogP contribution in [-0.4, -0.2) is 23.3 Å². The molecule has 0 atom stereocenters. The van der Waals surface area contributed by atoms with E-state index in [1.165, 1.54) is 12.1 Å². The fraction of sp³-hybridized carbons (Fsp3) is 0.111. The van der Waals surface area contributed by atoms with Gasteiger partial charge in [-0.15, -0.1) is 4.83 Å². The molecule has 30 heavy (non-hydrogen) atoms. The van der Waals surface area contributed by atoms with Gasteiger partial charge in [-0.05, 0) is 49.7 Å². The molecule has 12 heteroatoms. The molecule has 2 aromatic carbocycles. The summed E-state index contributed by atoms with van der Waals surface area (Å²) in [4.78, 5) is 20.7. The van der Waals surface area contributed by atoms with E-state index in [9.17, 15) is 18.5 Å². The van der Waals surface area contributed by atoms with Crippen molar-refractivity contribution in [2.75, 3.05) is 10.7 Å². The minimum absolute atomic E-state index is 0.00699. The van der Waals surface area contributed by atoms with Gasteiger partial charge in [-0.2, -0.15) is 0 Å². The molecule has 0 amide bonds. The second kappa shape index (κ2) is 8.61. The van der Waals surface area contributed by atoms with Crippen molar-refractivity contribution in [3.63, 3.8) is 0 Å². The number of halogens is 1. The van der Waals surface area contributed by atoms with Crippen LogP contribution in [0, 0.1) is 24.0 Å². The molecule has 0 saturated heterocycles. The zero-order chi connectivity index (χ0) is 21.9. The van der Waals surface area contributed by atoms with Gasteiger partial charge in [0, 0.05) is 10.7 Å². The minimum Gasteiger partial charge on any atom is -0.334 e. The summed E-state index contributed by atoms with van der Waals surface area (Å²) in [6.45, 7) is 3.60. The molecule has 0 aliphatic carbocycles. The van der Waals surface area contributed by atoms with Gasteiger partial charge in [0.2, 0.25) is 11.6 Å². The first-order valence-electron chi connectivity index (χ1n) is 8.54. The molecular formula is C18H17ClN6O4S. The Morgan fingerprint density at radius 2 is 1.70 bits per heavy atom. The number of hydrogen-bond acceptors (Lipinski definition) is 8. The van der Waals surface area contributed by atoms with Gasteiger partial charge in [0.25, 0.3) is 10.0 Å². The summed E-state index contributed by atoms with van der Waals surface area (Å²) in [5.74, 6) is -0.433. The van der Waals surface area contributed by atoms with Crippen LogP contribution in [0.25, 0.3) is 0 Å². The molecule has 1 aromatic heterocycles. The standard InChI is InChI=1S/C18H17ClN6O4S/c1-11-3-6-14(7-4-11)30(28,29)24-23-18-16(25(26)27)17(20-10-21-18)22-15-8-5-13(19)9-12(15)2/h3-10,24H,1-2H3,(H2,20,21,22,23). The molecule has 0 spiro atoms. The summed E-state index contributed by atoms with van der Waals surface area (Å²) >= 11 is 5.93. The Morgan fingerprint density at radius 3 is 2.33 bits per heavy atom. The number of hydrogen-bond donors (Lipinski definition) is 3. The zero-order valence-corrected chi connectivity index (χ0v) is 17.5. The number of aryl methyl sites for hydroxylation is 2. The van der Waals surface area contributed by atoms with Crippen molar-refractivity contribution in [2.24, 2.45) is 0 Å². The van der Waals surface area contributed by atoms with Crippen LogP contribution >= 0.6 is 11.6 Å². The van der Waals surface area contributed by atoms with Crippen LogP contribution in [-0.2, 0) is 10.0 Å². The van der Waals surface area contributed by atoms with Crippen molar-refractivity contribution >= 4 is 44.6 Å². The van der Waals surface area contributed by atoms with E-state index in [0.29, 0.717) is 10.7 Å². The van der Waals surface area contributed by atoms with Crippen LogP contribution in [0.3, 0.4) is 0 Å². The number of nitrogens with zero attached hydrogens (tertiary/aromatic N) is 3. The number of anilines is 3. The topological polar surface area (TPSA) is 139 Å². The maximum atomic E-state index is 12.4. The number of nitro groups is 1. The van der Waals surface area contributed by atoms with Crippen LogP contribution < -0.4 is 15.6 Å². The average Bonchev–Trinajstić information content (AvgIpc) is 2.69. The van der Waals surface area contributed by atoms with Gasteiger partial charge in [0.05, 0.1) is 9.82 Å². The third-order valence-electron chi connectivity index (χ3n) is 4.08. The van der Waals surface area contributed by atoms with Crippen molar-refractivity contribution in [3.05, 3.63) is 75.1 Å². The van der Waals surface area contributed by atoms with Gasteiger partial charge in [0.15, 0.2) is 0 Å². The molecule has 0 radical (unpaired) electrons.